The summed E-state index contributed by atoms with van der Waals surface area (Å²) in [5, 5.41) is 11.1. The third kappa shape index (κ3) is 6.34. The normalized spacial score (nSPS) is 17.7. The minimum absolute atomic E-state index is 0.00447. The van der Waals surface area contributed by atoms with Gasteiger partial charge in [-0.3, -0.25) is 14.4 Å². The summed E-state index contributed by atoms with van der Waals surface area (Å²) in [7, 11) is -1.48. The maximum atomic E-state index is 13.1. The number of anilines is 1. The number of hydrogen-bond acceptors (Lipinski definition) is 8. The lowest BCUT2D eigenvalue weighted by Gasteiger charge is -2.26. The van der Waals surface area contributed by atoms with Gasteiger partial charge in [-0.25, -0.2) is 9.10 Å². The Balaban J connectivity index is 1.82. The lowest BCUT2D eigenvalue weighted by molar-refractivity contribution is -0.141. The molecule has 204 valence electrons. The SMILES string of the molecule is CCC[C@H]1C(=O)N(C(CCC(=O)OC)Sc2ccc(NC(=O)c3ccccc3C(=O)O)cc2)S(=O)(=O)N1C. The molecule has 2 amide bonds. The molecule has 2 aromatic carbocycles. The average molecular weight is 564 g/mol. The van der Waals surface area contributed by atoms with Crippen molar-refractivity contribution in [2.45, 2.75) is 48.9 Å². The van der Waals surface area contributed by atoms with Crippen LogP contribution in [0.3, 0.4) is 0 Å². The van der Waals surface area contributed by atoms with Crippen molar-refractivity contribution in [3.63, 3.8) is 0 Å². The maximum Gasteiger partial charge on any atom is 0.336 e. The van der Waals surface area contributed by atoms with Crippen LogP contribution in [0.5, 0.6) is 0 Å². The third-order valence-electron chi connectivity index (χ3n) is 5.99. The van der Waals surface area contributed by atoms with Crippen molar-refractivity contribution in [3.8, 4) is 0 Å². The van der Waals surface area contributed by atoms with Crippen LogP contribution in [-0.2, 0) is 24.5 Å². The van der Waals surface area contributed by atoms with Gasteiger partial charge < -0.3 is 15.2 Å². The topological polar surface area (TPSA) is 150 Å². The van der Waals surface area contributed by atoms with E-state index >= 15 is 0 Å². The lowest BCUT2D eigenvalue weighted by atomic mass is 10.1. The molecular weight excluding hydrogens is 534 g/mol. The number of benzene rings is 2. The summed E-state index contributed by atoms with van der Waals surface area (Å²) in [6, 6.07) is 11.4. The number of rotatable bonds is 11. The van der Waals surface area contributed by atoms with E-state index in [0.29, 0.717) is 23.4 Å². The number of likely N-dealkylation sites (N-methyl/N-ethyl adjacent to an activating group) is 1. The van der Waals surface area contributed by atoms with Crippen LogP contribution in [0, 0.1) is 0 Å². The smallest absolute Gasteiger partial charge is 0.336 e. The lowest BCUT2D eigenvalue weighted by Crippen LogP contribution is -2.40. The summed E-state index contributed by atoms with van der Waals surface area (Å²) in [6.45, 7) is 1.86. The van der Waals surface area contributed by atoms with Gasteiger partial charge in [-0.15, -0.1) is 0 Å². The number of ether oxygens (including phenoxy) is 1. The van der Waals surface area contributed by atoms with Crippen LogP contribution in [-0.4, -0.2) is 71.5 Å². The molecule has 38 heavy (non-hydrogen) atoms. The van der Waals surface area contributed by atoms with Crippen molar-refractivity contribution in [3.05, 3.63) is 59.7 Å². The molecule has 11 nitrogen and oxygen atoms in total. The highest BCUT2D eigenvalue weighted by Gasteiger charge is 2.51. The summed E-state index contributed by atoms with van der Waals surface area (Å²) in [5.41, 5.74) is 0.261. The minimum atomic E-state index is -4.09. The molecule has 0 radical (unpaired) electrons. The fourth-order valence-electron chi connectivity index (χ4n) is 3.99. The van der Waals surface area contributed by atoms with Gasteiger partial charge in [0.25, 0.3) is 11.8 Å². The van der Waals surface area contributed by atoms with Crippen molar-refractivity contribution in [1.29, 1.82) is 0 Å². The summed E-state index contributed by atoms with van der Waals surface area (Å²) in [4.78, 5) is 49.6. The van der Waals surface area contributed by atoms with Gasteiger partial charge in [0.15, 0.2) is 0 Å². The molecule has 2 atom stereocenters. The van der Waals surface area contributed by atoms with Gasteiger partial charge in [-0.05, 0) is 49.2 Å². The molecule has 1 aliphatic heterocycles. The Morgan fingerprint density at radius 1 is 1.11 bits per heavy atom. The van der Waals surface area contributed by atoms with E-state index in [9.17, 15) is 32.7 Å². The Kier molecular flexibility index (Phi) is 9.52. The number of hydrogen-bond donors (Lipinski definition) is 2. The first-order valence-corrected chi connectivity index (χ1v) is 14.1. The zero-order valence-electron chi connectivity index (χ0n) is 21.1. The Morgan fingerprint density at radius 3 is 2.32 bits per heavy atom. The van der Waals surface area contributed by atoms with Gasteiger partial charge in [-0.1, -0.05) is 37.2 Å². The summed E-state index contributed by atoms with van der Waals surface area (Å²) < 4.78 is 32.9. The van der Waals surface area contributed by atoms with Crippen LogP contribution in [0.1, 0.15) is 53.3 Å². The summed E-state index contributed by atoms with van der Waals surface area (Å²) in [6.07, 6.45) is 0.944. The van der Waals surface area contributed by atoms with E-state index in [1.54, 1.807) is 30.3 Å². The van der Waals surface area contributed by atoms with Gasteiger partial charge in [0.05, 0.1) is 23.6 Å². The van der Waals surface area contributed by atoms with Crippen LogP contribution in [0.15, 0.2) is 53.4 Å². The van der Waals surface area contributed by atoms with Crippen molar-refractivity contribution < 1.29 is 37.4 Å². The average Bonchev–Trinajstić information content (AvgIpc) is 3.06. The van der Waals surface area contributed by atoms with E-state index < -0.39 is 45.4 Å². The van der Waals surface area contributed by atoms with Gasteiger partial charge >= 0.3 is 22.1 Å². The molecule has 1 heterocycles. The summed E-state index contributed by atoms with van der Waals surface area (Å²) >= 11 is 1.10. The Hall–Kier alpha value is -3.42. The number of amides is 2. The minimum Gasteiger partial charge on any atom is -0.478 e. The number of aromatic carboxylic acids is 1. The van der Waals surface area contributed by atoms with Gasteiger partial charge in [0, 0.05) is 24.1 Å². The molecule has 1 aliphatic rings. The predicted octanol–water partition coefficient (Wildman–Crippen LogP) is 3.20. The molecular formula is C25H29N3O8S2. The predicted molar refractivity (Wildman–Crippen MR) is 141 cm³/mol. The van der Waals surface area contributed by atoms with Crippen molar-refractivity contribution in [2.24, 2.45) is 0 Å². The third-order valence-corrected chi connectivity index (χ3v) is 9.30. The number of esters is 1. The number of carboxylic acids is 1. The Bertz CT molecular complexity index is 1310. The van der Waals surface area contributed by atoms with Crippen molar-refractivity contribution >= 4 is 51.4 Å². The highest BCUT2D eigenvalue weighted by molar-refractivity contribution is 8.00. The maximum absolute atomic E-state index is 13.1. The molecule has 1 unspecified atom stereocenters. The van der Waals surface area contributed by atoms with Crippen LogP contribution in [0.2, 0.25) is 0 Å². The molecule has 0 spiro atoms. The molecule has 0 aliphatic carbocycles. The highest BCUT2D eigenvalue weighted by atomic mass is 32.2. The molecule has 2 aromatic rings. The standard InChI is InChI=1S/C25H29N3O8S2/c1-4-7-20-24(31)28(38(34,35)27(20)2)21(14-15-22(29)36-3)37-17-12-10-16(11-13-17)26-23(30)18-8-5-6-9-19(18)25(32)33/h5-6,8-13,20-21H,4,7,14-15H2,1-3H3,(H,26,30)(H,32,33)/t20-,21?/m0/s1. The second-order valence-electron chi connectivity index (χ2n) is 8.48. The highest BCUT2D eigenvalue weighted by Crippen LogP contribution is 2.37. The fraction of sp³-hybridized carbons (Fsp3) is 0.360. The molecule has 0 saturated carbocycles. The number of carboxylic acid groups (broad SMARTS) is 1. The summed E-state index contributed by atoms with van der Waals surface area (Å²) in [5.74, 6) is -2.90. The fourth-order valence-corrected chi connectivity index (χ4v) is 7.04. The zero-order chi connectivity index (χ0) is 28.0. The number of carbonyl (C=O) groups excluding carboxylic acids is 3. The molecule has 2 N–H and O–H groups in total. The zero-order valence-corrected chi connectivity index (χ0v) is 22.8. The monoisotopic (exact) mass is 563 g/mol. The number of nitrogens with zero attached hydrogens (tertiary/aromatic N) is 2. The van der Waals surface area contributed by atoms with Crippen LogP contribution >= 0.6 is 11.8 Å². The van der Waals surface area contributed by atoms with Crippen molar-refractivity contribution in [2.75, 3.05) is 19.5 Å². The number of nitrogens with one attached hydrogen (secondary N) is 1. The van der Waals surface area contributed by atoms with E-state index in [1.807, 2.05) is 6.92 Å². The molecule has 13 heteroatoms. The first-order chi connectivity index (χ1) is 18.0. The second-order valence-corrected chi connectivity index (χ2v) is 11.6. The molecule has 1 saturated heterocycles. The van der Waals surface area contributed by atoms with Crippen LogP contribution in [0.25, 0.3) is 0 Å². The van der Waals surface area contributed by atoms with E-state index in [1.165, 1.54) is 32.4 Å². The quantitative estimate of drug-likeness (QED) is 0.310. The van der Waals surface area contributed by atoms with Gasteiger partial charge in [0.2, 0.25) is 0 Å². The van der Waals surface area contributed by atoms with Crippen molar-refractivity contribution in [1.82, 2.24) is 8.61 Å². The number of carbonyl (C=O) groups is 4. The van der Waals surface area contributed by atoms with E-state index in [2.05, 4.69) is 5.32 Å². The molecule has 0 bridgehead atoms. The van der Waals surface area contributed by atoms with E-state index in [4.69, 9.17) is 4.74 Å². The Labute approximate surface area is 225 Å². The molecule has 3 rings (SSSR count). The number of thioether (sulfide) groups is 1. The largest absolute Gasteiger partial charge is 0.478 e. The second kappa shape index (κ2) is 12.4. The molecule has 0 aromatic heterocycles. The van der Waals surface area contributed by atoms with E-state index in [-0.39, 0.29) is 24.0 Å². The number of methoxy groups -OCH3 is 1. The van der Waals surface area contributed by atoms with Crippen LogP contribution < -0.4 is 5.32 Å². The van der Waals surface area contributed by atoms with Crippen LogP contribution in [0.4, 0.5) is 5.69 Å². The Morgan fingerprint density at radius 2 is 1.74 bits per heavy atom. The first kappa shape index (κ1) is 29.1. The molecule has 1 fully saturated rings. The van der Waals surface area contributed by atoms with Gasteiger partial charge in [-0.2, -0.15) is 12.7 Å². The first-order valence-electron chi connectivity index (χ1n) is 11.8. The van der Waals surface area contributed by atoms with E-state index in [0.717, 1.165) is 20.4 Å². The van der Waals surface area contributed by atoms with Gasteiger partial charge in [0.1, 0.15) is 6.04 Å².